The van der Waals surface area contributed by atoms with Gasteiger partial charge in [-0.25, -0.2) is 0 Å². The van der Waals surface area contributed by atoms with Gasteiger partial charge in [0.15, 0.2) is 0 Å². The van der Waals surface area contributed by atoms with Crippen LogP contribution in [0.2, 0.25) is 0 Å². The van der Waals surface area contributed by atoms with Crippen LogP contribution in [0.4, 0.5) is 0 Å². The lowest BCUT2D eigenvalue weighted by Gasteiger charge is -2.38. The van der Waals surface area contributed by atoms with Gasteiger partial charge in [0.25, 0.3) is 0 Å². The van der Waals surface area contributed by atoms with Gasteiger partial charge >= 0.3 is 0 Å². The molecular formula is C21H32N2O. The highest BCUT2D eigenvalue weighted by molar-refractivity contribution is 5.79. The summed E-state index contributed by atoms with van der Waals surface area (Å²) in [4.78, 5) is 17.5. The maximum atomic E-state index is 12.6. The first kappa shape index (κ1) is 17.5. The molecule has 2 atom stereocenters. The molecule has 3 rings (SSSR count). The smallest absolute Gasteiger partial charge is 0.223 e. The van der Waals surface area contributed by atoms with Crippen molar-refractivity contribution >= 4 is 5.91 Å². The Morgan fingerprint density at radius 1 is 1.12 bits per heavy atom. The van der Waals surface area contributed by atoms with Gasteiger partial charge in [0, 0.05) is 31.1 Å². The Hall–Kier alpha value is -1.35. The summed E-state index contributed by atoms with van der Waals surface area (Å²) in [6.45, 7) is 9.81. The summed E-state index contributed by atoms with van der Waals surface area (Å²) in [6, 6.07) is 9.32. The van der Waals surface area contributed by atoms with Crippen LogP contribution in [0.15, 0.2) is 24.3 Å². The predicted octanol–water partition coefficient (Wildman–Crippen LogP) is 4.14. The lowest BCUT2D eigenvalue weighted by atomic mass is 9.87. The quantitative estimate of drug-likeness (QED) is 0.829. The van der Waals surface area contributed by atoms with Crippen molar-refractivity contribution in [2.45, 2.75) is 77.4 Å². The third-order valence-corrected chi connectivity index (χ3v) is 6.31. The van der Waals surface area contributed by atoms with Crippen LogP contribution < -0.4 is 0 Å². The van der Waals surface area contributed by atoms with Crippen LogP contribution in [0.25, 0.3) is 0 Å². The summed E-state index contributed by atoms with van der Waals surface area (Å²) < 4.78 is 0. The van der Waals surface area contributed by atoms with E-state index >= 15 is 0 Å². The van der Waals surface area contributed by atoms with Crippen LogP contribution in [0.5, 0.6) is 0 Å². The molecule has 3 nitrogen and oxygen atoms in total. The van der Waals surface area contributed by atoms with E-state index in [1.165, 1.54) is 30.5 Å². The van der Waals surface area contributed by atoms with Crippen LogP contribution >= 0.6 is 0 Å². The molecule has 2 aliphatic rings. The third-order valence-electron chi connectivity index (χ3n) is 6.31. The Balaban J connectivity index is 1.75. The highest BCUT2D eigenvalue weighted by atomic mass is 16.2. The lowest BCUT2D eigenvalue weighted by molar-refractivity contribution is -0.132. The highest BCUT2D eigenvalue weighted by Gasteiger charge is 2.45. The van der Waals surface area contributed by atoms with Gasteiger partial charge in [0.1, 0.15) is 0 Å². The zero-order chi connectivity index (χ0) is 17.2. The molecule has 1 amide bonds. The molecule has 2 saturated heterocycles. The number of hydrogen-bond donors (Lipinski definition) is 0. The van der Waals surface area contributed by atoms with Crippen molar-refractivity contribution in [1.82, 2.24) is 9.80 Å². The monoisotopic (exact) mass is 328 g/mol. The van der Waals surface area contributed by atoms with E-state index in [9.17, 15) is 4.79 Å². The van der Waals surface area contributed by atoms with E-state index in [0.717, 1.165) is 38.8 Å². The maximum Gasteiger partial charge on any atom is 0.223 e. The molecule has 2 unspecified atom stereocenters. The number of hydrogen-bond acceptors (Lipinski definition) is 2. The molecule has 1 spiro atoms. The molecule has 0 radical (unpaired) electrons. The average molecular weight is 329 g/mol. The standard InChI is InChI=1S/C21H32N2O/c1-4-18(3)22-14-5-11-21(13-15-22)12-10-20(24)23(21)16-19-8-6-17(2)7-9-19/h6-9,18H,4-5,10-16H2,1-3H3. The Bertz CT molecular complexity index is 568. The Morgan fingerprint density at radius 2 is 1.88 bits per heavy atom. The zero-order valence-corrected chi connectivity index (χ0v) is 15.6. The predicted molar refractivity (Wildman–Crippen MR) is 98.9 cm³/mol. The molecule has 2 fully saturated rings. The molecule has 0 saturated carbocycles. The molecule has 1 aromatic rings. The summed E-state index contributed by atoms with van der Waals surface area (Å²) in [6.07, 6.45) is 6.49. The SMILES string of the molecule is CCC(C)N1CCCC2(CCC(=O)N2Cc2ccc(C)cc2)CC1. The minimum absolute atomic E-state index is 0.101. The minimum Gasteiger partial charge on any atom is -0.333 e. The first-order chi connectivity index (χ1) is 11.5. The first-order valence-corrected chi connectivity index (χ1v) is 9.64. The van der Waals surface area contributed by atoms with Crippen molar-refractivity contribution < 1.29 is 4.79 Å². The zero-order valence-electron chi connectivity index (χ0n) is 15.6. The second-order valence-corrected chi connectivity index (χ2v) is 7.84. The molecule has 24 heavy (non-hydrogen) atoms. The van der Waals surface area contributed by atoms with Crippen molar-refractivity contribution in [1.29, 1.82) is 0 Å². The molecule has 0 aromatic heterocycles. The highest BCUT2D eigenvalue weighted by Crippen LogP contribution is 2.40. The number of nitrogens with zero attached hydrogens (tertiary/aromatic N) is 2. The Morgan fingerprint density at radius 3 is 2.58 bits per heavy atom. The molecule has 0 N–H and O–H groups in total. The van der Waals surface area contributed by atoms with Gasteiger partial charge < -0.3 is 9.80 Å². The van der Waals surface area contributed by atoms with Crippen molar-refractivity contribution in [2.24, 2.45) is 0 Å². The van der Waals surface area contributed by atoms with E-state index in [-0.39, 0.29) is 5.54 Å². The fourth-order valence-corrected chi connectivity index (χ4v) is 4.42. The van der Waals surface area contributed by atoms with Gasteiger partial charge in [-0.2, -0.15) is 0 Å². The third kappa shape index (κ3) is 3.51. The van der Waals surface area contributed by atoms with Gasteiger partial charge in [-0.3, -0.25) is 4.79 Å². The topological polar surface area (TPSA) is 23.6 Å². The molecule has 0 bridgehead atoms. The number of amides is 1. The minimum atomic E-state index is 0.101. The summed E-state index contributed by atoms with van der Waals surface area (Å²) >= 11 is 0. The first-order valence-electron chi connectivity index (χ1n) is 9.64. The summed E-state index contributed by atoms with van der Waals surface area (Å²) in [5, 5.41) is 0. The number of aryl methyl sites for hydroxylation is 1. The number of carbonyl (C=O) groups excluding carboxylic acids is 1. The normalized spacial score (nSPS) is 26.8. The number of likely N-dealkylation sites (tertiary alicyclic amines) is 2. The van der Waals surface area contributed by atoms with Crippen molar-refractivity contribution in [3.63, 3.8) is 0 Å². The van der Waals surface area contributed by atoms with E-state index in [0.29, 0.717) is 11.9 Å². The van der Waals surface area contributed by atoms with Crippen molar-refractivity contribution in [3.05, 3.63) is 35.4 Å². The average Bonchev–Trinajstić information content (AvgIpc) is 2.76. The van der Waals surface area contributed by atoms with E-state index in [1.807, 2.05) is 0 Å². The Kier molecular flexibility index (Phi) is 5.29. The maximum absolute atomic E-state index is 12.6. The largest absolute Gasteiger partial charge is 0.333 e. The fourth-order valence-electron chi connectivity index (χ4n) is 4.42. The van der Waals surface area contributed by atoms with E-state index in [4.69, 9.17) is 0 Å². The van der Waals surface area contributed by atoms with Gasteiger partial charge in [-0.1, -0.05) is 36.8 Å². The van der Waals surface area contributed by atoms with Gasteiger partial charge in [0.05, 0.1) is 0 Å². The van der Waals surface area contributed by atoms with Crippen molar-refractivity contribution in [2.75, 3.05) is 13.1 Å². The van der Waals surface area contributed by atoms with Crippen molar-refractivity contribution in [3.8, 4) is 0 Å². The second-order valence-electron chi connectivity index (χ2n) is 7.84. The van der Waals surface area contributed by atoms with Crippen LogP contribution in [0.1, 0.15) is 63.5 Å². The second kappa shape index (κ2) is 7.26. The molecule has 132 valence electrons. The van der Waals surface area contributed by atoms with Crippen LogP contribution in [-0.4, -0.2) is 40.4 Å². The molecular weight excluding hydrogens is 296 g/mol. The molecule has 1 aromatic carbocycles. The Labute approximate surface area is 147 Å². The van der Waals surface area contributed by atoms with E-state index < -0.39 is 0 Å². The number of carbonyl (C=O) groups is 1. The molecule has 3 heteroatoms. The van der Waals surface area contributed by atoms with Crippen LogP contribution in [0, 0.1) is 6.92 Å². The number of rotatable bonds is 4. The molecule has 2 heterocycles. The van der Waals surface area contributed by atoms with Gasteiger partial charge in [-0.15, -0.1) is 0 Å². The van der Waals surface area contributed by atoms with E-state index in [2.05, 4.69) is 54.8 Å². The van der Waals surface area contributed by atoms with Gasteiger partial charge in [-0.05, 0) is 58.1 Å². The summed E-state index contributed by atoms with van der Waals surface area (Å²) in [7, 11) is 0. The van der Waals surface area contributed by atoms with Gasteiger partial charge in [0.2, 0.25) is 5.91 Å². The fraction of sp³-hybridized carbons (Fsp3) is 0.667. The number of benzene rings is 1. The van der Waals surface area contributed by atoms with Crippen LogP contribution in [-0.2, 0) is 11.3 Å². The lowest BCUT2D eigenvalue weighted by Crippen LogP contribution is -2.46. The molecule has 2 aliphatic heterocycles. The molecule has 0 aliphatic carbocycles. The summed E-state index contributed by atoms with van der Waals surface area (Å²) in [5.41, 5.74) is 2.64. The van der Waals surface area contributed by atoms with Crippen LogP contribution in [0.3, 0.4) is 0 Å². The van der Waals surface area contributed by atoms with E-state index in [1.54, 1.807) is 0 Å². The summed E-state index contributed by atoms with van der Waals surface area (Å²) in [5.74, 6) is 0.354.